The number of carbonyl (C=O) groups is 3. The number of aliphatic carboxylic acids is 1. The number of thiazole rings is 1. The van der Waals surface area contributed by atoms with E-state index in [1.54, 1.807) is 5.38 Å². The van der Waals surface area contributed by atoms with Crippen molar-refractivity contribution in [1.29, 1.82) is 0 Å². The number of aromatic nitrogens is 1. The predicted molar refractivity (Wildman–Crippen MR) is 106 cm³/mol. The second-order valence-electron chi connectivity index (χ2n) is 5.82. The number of β-lactam (4-membered cyclic amide) rings is 1. The van der Waals surface area contributed by atoms with Crippen molar-refractivity contribution in [3.63, 3.8) is 0 Å². The molecule has 2 aliphatic heterocycles. The Labute approximate surface area is 173 Å². The Balaban J connectivity index is 1.70. The Morgan fingerprint density at radius 3 is 2.93 bits per heavy atom. The SMILES string of the molecule is CCOCCO/N=C(\C(=O)NC1C(=O)N2C(C(=O)O)=CCS[C@H]12)c1csc(N)n1. The molecule has 4 N–H and O–H groups in total. The van der Waals surface area contributed by atoms with Crippen LogP contribution >= 0.6 is 23.1 Å². The number of ether oxygens (including phenoxy) is 1. The van der Waals surface area contributed by atoms with E-state index in [0.29, 0.717) is 19.0 Å². The third-order valence-electron chi connectivity index (χ3n) is 4.01. The number of hydrogen-bond donors (Lipinski definition) is 3. The molecule has 0 aliphatic carbocycles. The standard InChI is InChI=1S/C16H19N5O6S2/c1-2-26-4-5-27-20-10(8-7-29-16(17)18-8)12(22)19-11-13(23)21-9(15(24)25)3-6-28-14(11)21/h3,7,11,14H,2,4-6H2,1H3,(H2,17,18)(H,19,22)(H,24,25)/b20-10-/t11?,14-/m1/s1. The lowest BCUT2D eigenvalue weighted by atomic mass is 10.0. The molecule has 156 valence electrons. The molecule has 13 heteroatoms. The molecule has 1 fully saturated rings. The highest BCUT2D eigenvalue weighted by Crippen LogP contribution is 2.37. The van der Waals surface area contributed by atoms with Crippen LogP contribution in [0.2, 0.25) is 0 Å². The highest BCUT2D eigenvalue weighted by atomic mass is 32.2. The van der Waals surface area contributed by atoms with Crippen molar-refractivity contribution >= 4 is 51.7 Å². The molecule has 29 heavy (non-hydrogen) atoms. The zero-order valence-electron chi connectivity index (χ0n) is 15.4. The van der Waals surface area contributed by atoms with Gasteiger partial charge in [0.1, 0.15) is 29.4 Å². The first-order valence-electron chi connectivity index (χ1n) is 8.62. The first kappa shape index (κ1) is 21.1. The van der Waals surface area contributed by atoms with Crippen molar-refractivity contribution in [2.45, 2.75) is 18.3 Å². The summed E-state index contributed by atoms with van der Waals surface area (Å²) in [6, 6.07) is -0.875. The molecule has 2 amide bonds. The number of carboxylic acid groups (broad SMARTS) is 1. The maximum atomic E-state index is 12.8. The van der Waals surface area contributed by atoms with Gasteiger partial charge in [-0.3, -0.25) is 14.5 Å². The van der Waals surface area contributed by atoms with E-state index >= 15 is 0 Å². The molecule has 0 radical (unpaired) electrons. The number of fused-ring (bicyclic) bond motifs is 1. The summed E-state index contributed by atoms with van der Waals surface area (Å²) < 4.78 is 5.14. The maximum Gasteiger partial charge on any atom is 0.352 e. The monoisotopic (exact) mass is 441 g/mol. The van der Waals surface area contributed by atoms with Crippen molar-refractivity contribution in [2.24, 2.45) is 5.16 Å². The van der Waals surface area contributed by atoms with Crippen LogP contribution in [0.1, 0.15) is 12.6 Å². The van der Waals surface area contributed by atoms with Crippen LogP contribution < -0.4 is 11.1 Å². The number of carboxylic acids is 1. The van der Waals surface area contributed by atoms with Gasteiger partial charge >= 0.3 is 5.97 Å². The molecular weight excluding hydrogens is 422 g/mol. The number of nitrogen functional groups attached to an aromatic ring is 1. The van der Waals surface area contributed by atoms with E-state index in [1.165, 1.54) is 17.8 Å². The summed E-state index contributed by atoms with van der Waals surface area (Å²) in [7, 11) is 0. The molecule has 3 rings (SSSR count). The fourth-order valence-corrected chi connectivity index (χ4v) is 4.44. The van der Waals surface area contributed by atoms with Gasteiger partial charge < -0.3 is 25.7 Å². The molecule has 1 aromatic heterocycles. The molecule has 1 unspecified atom stereocenters. The second-order valence-corrected chi connectivity index (χ2v) is 7.86. The number of nitrogens with two attached hydrogens (primary N) is 1. The van der Waals surface area contributed by atoms with Crippen LogP contribution in [-0.2, 0) is 24.0 Å². The van der Waals surface area contributed by atoms with E-state index in [9.17, 15) is 19.5 Å². The minimum absolute atomic E-state index is 0.0790. The second kappa shape index (κ2) is 9.24. The summed E-state index contributed by atoms with van der Waals surface area (Å²) in [6.45, 7) is 2.79. The average Bonchev–Trinajstić information content (AvgIpc) is 3.13. The van der Waals surface area contributed by atoms with Gasteiger partial charge in [0.25, 0.3) is 11.8 Å². The summed E-state index contributed by atoms with van der Waals surface area (Å²) in [6.07, 6.45) is 1.47. The number of nitrogens with zero attached hydrogens (tertiary/aromatic N) is 3. The van der Waals surface area contributed by atoms with Gasteiger partial charge in [0.2, 0.25) is 0 Å². The normalized spacial score (nSPS) is 21.1. The summed E-state index contributed by atoms with van der Waals surface area (Å²) in [4.78, 5) is 46.8. The van der Waals surface area contributed by atoms with Crippen molar-refractivity contribution in [3.8, 4) is 0 Å². The topological polar surface area (TPSA) is 156 Å². The highest BCUT2D eigenvalue weighted by Gasteiger charge is 2.53. The Bertz CT molecular complexity index is 870. The number of thioether (sulfide) groups is 1. The first-order chi connectivity index (χ1) is 13.9. The smallest absolute Gasteiger partial charge is 0.352 e. The largest absolute Gasteiger partial charge is 0.477 e. The summed E-state index contributed by atoms with van der Waals surface area (Å²) >= 11 is 2.49. The van der Waals surface area contributed by atoms with Gasteiger partial charge in [-0.25, -0.2) is 9.78 Å². The number of hydrogen-bond acceptors (Lipinski definition) is 10. The number of carbonyl (C=O) groups excluding carboxylic acids is 2. The van der Waals surface area contributed by atoms with Crippen LogP contribution in [0.5, 0.6) is 0 Å². The average molecular weight is 441 g/mol. The minimum atomic E-state index is -1.18. The van der Waals surface area contributed by atoms with Gasteiger partial charge in [-0.1, -0.05) is 5.16 Å². The zero-order valence-corrected chi connectivity index (χ0v) is 17.0. The molecular formula is C16H19N5O6S2. The molecule has 3 heterocycles. The molecule has 0 aromatic carbocycles. The van der Waals surface area contributed by atoms with Gasteiger partial charge in [-0.05, 0) is 13.0 Å². The van der Waals surface area contributed by atoms with E-state index in [1.807, 2.05) is 6.92 Å². The van der Waals surface area contributed by atoms with Gasteiger partial charge in [0, 0.05) is 17.7 Å². The molecule has 2 atom stereocenters. The fourth-order valence-electron chi connectivity index (χ4n) is 2.70. The van der Waals surface area contributed by atoms with E-state index in [-0.39, 0.29) is 28.8 Å². The third-order valence-corrected chi connectivity index (χ3v) is 5.87. The Morgan fingerprint density at radius 1 is 1.48 bits per heavy atom. The molecule has 11 nitrogen and oxygen atoms in total. The van der Waals surface area contributed by atoms with E-state index < -0.39 is 29.2 Å². The lowest BCUT2D eigenvalue weighted by Gasteiger charge is -2.48. The first-order valence-corrected chi connectivity index (χ1v) is 10.5. The minimum Gasteiger partial charge on any atom is -0.477 e. The molecule has 0 bridgehead atoms. The van der Waals surface area contributed by atoms with Crippen LogP contribution in [0, 0.1) is 0 Å². The molecule has 1 saturated heterocycles. The Kier molecular flexibility index (Phi) is 6.71. The molecule has 2 aliphatic rings. The Morgan fingerprint density at radius 2 is 2.28 bits per heavy atom. The number of amides is 2. The van der Waals surface area contributed by atoms with Crippen molar-refractivity contribution < 1.29 is 29.1 Å². The third kappa shape index (κ3) is 4.52. The molecule has 0 saturated carbocycles. The number of oxime groups is 1. The van der Waals surface area contributed by atoms with Crippen LogP contribution in [0.25, 0.3) is 0 Å². The van der Waals surface area contributed by atoms with Crippen LogP contribution in [-0.4, -0.2) is 75.5 Å². The zero-order chi connectivity index (χ0) is 21.0. The highest BCUT2D eigenvalue weighted by molar-refractivity contribution is 8.00. The molecule has 1 aromatic rings. The summed E-state index contributed by atoms with van der Waals surface area (Å²) in [5.74, 6) is -1.93. The van der Waals surface area contributed by atoms with Crippen LogP contribution in [0.3, 0.4) is 0 Å². The van der Waals surface area contributed by atoms with Crippen LogP contribution in [0.4, 0.5) is 5.13 Å². The van der Waals surface area contributed by atoms with Gasteiger partial charge in [0.15, 0.2) is 10.8 Å². The fraction of sp³-hybridized carbons (Fsp3) is 0.438. The van der Waals surface area contributed by atoms with Crippen molar-refractivity contribution in [3.05, 3.63) is 22.8 Å². The van der Waals surface area contributed by atoms with Gasteiger partial charge in [-0.2, -0.15) is 0 Å². The van der Waals surface area contributed by atoms with Crippen molar-refractivity contribution in [1.82, 2.24) is 15.2 Å². The van der Waals surface area contributed by atoms with Gasteiger partial charge in [-0.15, -0.1) is 23.1 Å². The van der Waals surface area contributed by atoms with E-state index in [2.05, 4.69) is 15.5 Å². The summed E-state index contributed by atoms with van der Waals surface area (Å²) in [5, 5.41) is 17.0. The lowest BCUT2D eigenvalue weighted by molar-refractivity contribution is -0.150. The predicted octanol–water partition coefficient (Wildman–Crippen LogP) is -0.149. The number of anilines is 1. The van der Waals surface area contributed by atoms with E-state index in [4.69, 9.17) is 15.3 Å². The van der Waals surface area contributed by atoms with Crippen LogP contribution in [0.15, 0.2) is 22.3 Å². The quantitative estimate of drug-likeness (QED) is 0.205. The molecule has 0 spiro atoms. The van der Waals surface area contributed by atoms with Crippen molar-refractivity contribution in [2.75, 3.05) is 31.3 Å². The van der Waals surface area contributed by atoms with Gasteiger partial charge in [0.05, 0.1) is 6.61 Å². The number of nitrogens with one attached hydrogen (secondary N) is 1. The number of rotatable bonds is 9. The van der Waals surface area contributed by atoms with E-state index in [0.717, 1.165) is 16.2 Å². The maximum absolute atomic E-state index is 12.8. The lowest BCUT2D eigenvalue weighted by Crippen LogP contribution is -2.70. The summed E-state index contributed by atoms with van der Waals surface area (Å²) in [5.41, 5.74) is 5.64. The Hall–Kier alpha value is -2.64.